The Balaban J connectivity index is 2.13. The number of carboxylic acids is 1. The fourth-order valence-corrected chi connectivity index (χ4v) is 2.26. The van der Waals surface area contributed by atoms with Crippen LogP contribution in [0.2, 0.25) is 0 Å². The summed E-state index contributed by atoms with van der Waals surface area (Å²) in [5, 5.41) is 12.5. The summed E-state index contributed by atoms with van der Waals surface area (Å²) in [7, 11) is 0. The molecule has 0 aromatic carbocycles. The largest absolute Gasteiger partial charge is 0.481 e. The van der Waals surface area contributed by atoms with E-state index in [9.17, 15) is 4.79 Å². The minimum absolute atomic E-state index is 0.0293. The fraction of sp³-hybridized carbons (Fsp3) is 0.727. The summed E-state index contributed by atoms with van der Waals surface area (Å²) in [6, 6.07) is 0. The molecule has 1 aliphatic rings. The zero-order valence-electron chi connectivity index (χ0n) is 9.40. The van der Waals surface area contributed by atoms with E-state index in [4.69, 9.17) is 9.63 Å². The molecule has 2 rings (SSSR count). The van der Waals surface area contributed by atoms with Gasteiger partial charge in [0, 0.05) is 5.41 Å². The predicted molar refractivity (Wildman–Crippen MR) is 56.1 cm³/mol. The molecule has 0 bridgehead atoms. The number of hydrogen-bond donors (Lipinski definition) is 1. The van der Waals surface area contributed by atoms with Gasteiger partial charge in [-0.3, -0.25) is 4.79 Å². The van der Waals surface area contributed by atoms with E-state index in [1.54, 1.807) is 0 Å². The minimum Gasteiger partial charge on any atom is -0.481 e. The van der Waals surface area contributed by atoms with Gasteiger partial charge in [0.25, 0.3) is 0 Å². The van der Waals surface area contributed by atoms with Crippen LogP contribution >= 0.6 is 0 Å². The molecular weight excluding hydrogens is 208 g/mol. The zero-order chi connectivity index (χ0) is 11.6. The van der Waals surface area contributed by atoms with Crippen molar-refractivity contribution in [3.63, 3.8) is 0 Å². The van der Waals surface area contributed by atoms with Gasteiger partial charge < -0.3 is 9.63 Å². The maximum Gasteiger partial charge on any atom is 0.312 e. The average molecular weight is 224 g/mol. The lowest BCUT2D eigenvalue weighted by atomic mass is 9.75. The highest BCUT2D eigenvalue weighted by molar-refractivity contribution is 5.68. The van der Waals surface area contributed by atoms with Gasteiger partial charge in [0.05, 0.1) is 0 Å². The second kappa shape index (κ2) is 4.23. The fourth-order valence-electron chi connectivity index (χ4n) is 2.26. The number of hydrogen-bond acceptors (Lipinski definition) is 4. The number of carboxylic acid groups (broad SMARTS) is 1. The van der Waals surface area contributed by atoms with Crippen molar-refractivity contribution in [3.8, 4) is 0 Å². The quantitative estimate of drug-likeness (QED) is 0.848. The maximum atomic E-state index is 10.5. The van der Waals surface area contributed by atoms with E-state index >= 15 is 0 Å². The van der Waals surface area contributed by atoms with E-state index in [1.165, 1.54) is 19.3 Å². The Labute approximate surface area is 93.9 Å². The first kappa shape index (κ1) is 11.1. The van der Waals surface area contributed by atoms with Crippen molar-refractivity contribution in [3.05, 3.63) is 11.7 Å². The molecule has 0 radical (unpaired) electrons. The Morgan fingerprint density at radius 2 is 2.12 bits per heavy atom. The number of nitrogens with zero attached hydrogens (tertiary/aromatic N) is 2. The highest BCUT2D eigenvalue weighted by Gasteiger charge is 2.33. The highest BCUT2D eigenvalue weighted by atomic mass is 16.5. The van der Waals surface area contributed by atoms with Crippen LogP contribution in [0.1, 0.15) is 50.7 Å². The molecule has 5 heteroatoms. The van der Waals surface area contributed by atoms with Crippen LogP contribution in [0.4, 0.5) is 0 Å². The second-order valence-corrected chi connectivity index (χ2v) is 4.70. The lowest BCUT2D eigenvalue weighted by molar-refractivity contribution is -0.136. The third-order valence-corrected chi connectivity index (χ3v) is 3.27. The van der Waals surface area contributed by atoms with Crippen molar-refractivity contribution in [2.75, 3.05) is 0 Å². The van der Waals surface area contributed by atoms with Crippen molar-refractivity contribution >= 4 is 5.97 Å². The van der Waals surface area contributed by atoms with Gasteiger partial charge in [0.1, 0.15) is 6.42 Å². The van der Waals surface area contributed by atoms with E-state index in [0.717, 1.165) is 12.8 Å². The highest BCUT2D eigenvalue weighted by Crippen LogP contribution is 2.37. The summed E-state index contributed by atoms with van der Waals surface area (Å²) in [5.74, 6) is -0.0678. The number of aromatic nitrogens is 2. The molecule has 0 unspecified atom stereocenters. The van der Waals surface area contributed by atoms with Crippen LogP contribution in [0.5, 0.6) is 0 Å². The first-order chi connectivity index (χ1) is 7.60. The Hall–Kier alpha value is -1.39. The Kier molecular flexibility index (Phi) is 2.94. The van der Waals surface area contributed by atoms with E-state index in [1.807, 2.05) is 0 Å². The Morgan fingerprint density at radius 3 is 2.75 bits per heavy atom. The van der Waals surface area contributed by atoms with Crippen molar-refractivity contribution in [2.45, 2.75) is 50.9 Å². The van der Waals surface area contributed by atoms with Crippen molar-refractivity contribution < 1.29 is 14.4 Å². The van der Waals surface area contributed by atoms with E-state index in [0.29, 0.717) is 5.82 Å². The first-order valence-electron chi connectivity index (χ1n) is 5.65. The van der Waals surface area contributed by atoms with Crippen LogP contribution in [-0.2, 0) is 16.6 Å². The molecule has 0 aliphatic heterocycles. The molecule has 0 spiro atoms. The van der Waals surface area contributed by atoms with Crippen LogP contribution < -0.4 is 0 Å². The maximum absolute atomic E-state index is 10.5. The van der Waals surface area contributed by atoms with Gasteiger partial charge >= 0.3 is 5.97 Å². The molecule has 0 saturated heterocycles. The zero-order valence-corrected chi connectivity index (χ0v) is 9.40. The molecular formula is C11H16N2O3. The van der Waals surface area contributed by atoms with Gasteiger partial charge in [-0.15, -0.1) is 0 Å². The van der Waals surface area contributed by atoms with Crippen LogP contribution in [-0.4, -0.2) is 21.2 Å². The van der Waals surface area contributed by atoms with E-state index in [-0.39, 0.29) is 17.7 Å². The second-order valence-electron chi connectivity index (χ2n) is 4.70. The molecule has 5 nitrogen and oxygen atoms in total. The van der Waals surface area contributed by atoms with E-state index < -0.39 is 5.97 Å². The smallest absolute Gasteiger partial charge is 0.312 e. The normalized spacial score (nSPS) is 19.6. The summed E-state index contributed by atoms with van der Waals surface area (Å²) in [6.07, 6.45) is 5.54. The Bertz CT molecular complexity index is 380. The van der Waals surface area contributed by atoms with Crippen molar-refractivity contribution in [1.29, 1.82) is 0 Å². The van der Waals surface area contributed by atoms with Gasteiger partial charge in [0.2, 0.25) is 5.89 Å². The van der Waals surface area contributed by atoms with Crippen LogP contribution in [0, 0.1) is 0 Å². The van der Waals surface area contributed by atoms with Gasteiger partial charge in [-0.25, -0.2) is 0 Å². The topological polar surface area (TPSA) is 76.2 Å². The van der Waals surface area contributed by atoms with Gasteiger partial charge in [-0.1, -0.05) is 31.3 Å². The minimum atomic E-state index is -0.941. The summed E-state index contributed by atoms with van der Waals surface area (Å²) >= 11 is 0. The molecule has 1 saturated carbocycles. The lowest BCUT2D eigenvalue weighted by Crippen LogP contribution is -2.26. The van der Waals surface area contributed by atoms with Crippen LogP contribution in [0.25, 0.3) is 0 Å². The van der Waals surface area contributed by atoms with Crippen molar-refractivity contribution in [1.82, 2.24) is 10.1 Å². The predicted octanol–water partition coefficient (Wildman–Crippen LogP) is 1.92. The first-order valence-corrected chi connectivity index (χ1v) is 5.65. The third kappa shape index (κ3) is 2.23. The van der Waals surface area contributed by atoms with E-state index in [2.05, 4.69) is 17.1 Å². The molecule has 1 aromatic heterocycles. The van der Waals surface area contributed by atoms with Crippen molar-refractivity contribution in [2.24, 2.45) is 0 Å². The standard InChI is InChI=1S/C11H16N2O3/c1-11(5-3-2-4-6-11)10-12-8(16-13-10)7-9(14)15/h2-7H2,1H3,(H,14,15). The lowest BCUT2D eigenvalue weighted by Gasteiger charge is -2.29. The molecule has 1 fully saturated rings. The van der Waals surface area contributed by atoms with Crippen LogP contribution in [0.15, 0.2) is 4.52 Å². The molecule has 16 heavy (non-hydrogen) atoms. The monoisotopic (exact) mass is 224 g/mol. The molecule has 88 valence electrons. The molecule has 0 amide bonds. The summed E-state index contributed by atoms with van der Waals surface area (Å²) in [5.41, 5.74) is -0.0293. The van der Waals surface area contributed by atoms with Crippen LogP contribution in [0.3, 0.4) is 0 Å². The number of rotatable bonds is 3. The third-order valence-electron chi connectivity index (χ3n) is 3.27. The molecule has 0 atom stereocenters. The molecule has 1 N–H and O–H groups in total. The molecule has 1 aliphatic carbocycles. The molecule has 1 heterocycles. The Morgan fingerprint density at radius 1 is 1.44 bits per heavy atom. The van der Waals surface area contributed by atoms with Gasteiger partial charge in [-0.2, -0.15) is 4.98 Å². The summed E-state index contributed by atoms with van der Waals surface area (Å²) in [4.78, 5) is 14.7. The van der Waals surface area contributed by atoms with Gasteiger partial charge in [-0.05, 0) is 12.8 Å². The van der Waals surface area contributed by atoms with Gasteiger partial charge in [0.15, 0.2) is 5.82 Å². The SMILES string of the molecule is CC1(c2noc(CC(=O)O)n2)CCCCC1. The number of aliphatic carboxylic acids is 1. The average Bonchev–Trinajstić information content (AvgIpc) is 2.67. The molecule has 1 aromatic rings. The summed E-state index contributed by atoms with van der Waals surface area (Å²) < 4.78 is 4.95. The number of carbonyl (C=O) groups is 1. The summed E-state index contributed by atoms with van der Waals surface area (Å²) in [6.45, 7) is 2.13.